The van der Waals surface area contributed by atoms with Crippen molar-refractivity contribution in [2.45, 2.75) is 25.8 Å². The Bertz CT molecular complexity index is 618. The maximum atomic E-state index is 11.9. The Hall–Kier alpha value is -1.25. The molecule has 1 aromatic rings. The molecule has 1 aromatic heterocycles. The van der Waals surface area contributed by atoms with Gasteiger partial charge in [0.05, 0.1) is 12.3 Å². The molecule has 1 atom stereocenters. The zero-order chi connectivity index (χ0) is 16.3. The van der Waals surface area contributed by atoms with Crippen LogP contribution in [0.15, 0.2) is 6.07 Å². The molecule has 124 valence electrons. The minimum Gasteiger partial charge on any atom is -0.369 e. The average Bonchev–Trinajstić information content (AvgIpc) is 2.86. The number of rotatable bonds is 6. The summed E-state index contributed by atoms with van der Waals surface area (Å²) in [6, 6.07) is 1.64. The van der Waals surface area contributed by atoms with Gasteiger partial charge in [-0.05, 0) is 33.9 Å². The lowest BCUT2D eigenvalue weighted by molar-refractivity contribution is 0.386. The molecule has 1 aliphatic heterocycles. The highest BCUT2D eigenvalue weighted by atomic mass is 32.2. The third-order valence-corrected chi connectivity index (χ3v) is 4.95. The van der Waals surface area contributed by atoms with Gasteiger partial charge in [0.25, 0.3) is 0 Å². The molecule has 0 bridgehead atoms. The van der Waals surface area contributed by atoms with E-state index in [-0.39, 0.29) is 6.04 Å². The van der Waals surface area contributed by atoms with E-state index >= 15 is 0 Å². The number of aromatic nitrogens is 2. The van der Waals surface area contributed by atoms with Crippen molar-refractivity contribution in [3.05, 3.63) is 17.6 Å². The standard InChI is InChI=1S/C14H25N5O2S/c1-11-10-13(15-7-9-18(2)3)17-14(16-11)12-6-5-8-19(12)22(4,20)21/h10,12H,5-9H2,1-4H3,(H,15,16,17)/t12-/m0/s1. The van der Waals surface area contributed by atoms with Crippen LogP contribution in [0.4, 0.5) is 5.82 Å². The summed E-state index contributed by atoms with van der Waals surface area (Å²) in [6.07, 6.45) is 2.86. The summed E-state index contributed by atoms with van der Waals surface area (Å²) in [5, 5.41) is 3.27. The molecule has 0 aromatic carbocycles. The molecule has 1 aliphatic rings. The third-order valence-electron chi connectivity index (χ3n) is 3.66. The van der Waals surface area contributed by atoms with E-state index < -0.39 is 10.0 Å². The summed E-state index contributed by atoms with van der Waals surface area (Å²) in [4.78, 5) is 11.1. The Labute approximate surface area is 132 Å². The van der Waals surface area contributed by atoms with E-state index in [4.69, 9.17) is 0 Å². The van der Waals surface area contributed by atoms with Crippen LogP contribution < -0.4 is 5.32 Å². The maximum Gasteiger partial charge on any atom is 0.211 e. The van der Waals surface area contributed by atoms with Gasteiger partial charge in [0.2, 0.25) is 10.0 Å². The average molecular weight is 327 g/mol. The second-order valence-corrected chi connectivity index (χ2v) is 7.95. The van der Waals surface area contributed by atoms with Gasteiger partial charge in [-0.15, -0.1) is 0 Å². The van der Waals surface area contributed by atoms with Gasteiger partial charge in [0.15, 0.2) is 0 Å². The Balaban J connectivity index is 2.18. The minimum atomic E-state index is -3.23. The molecule has 22 heavy (non-hydrogen) atoms. The van der Waals surface area contributed by atoms with Crippen molar-refractivity contribution in [3.63, 3.8) is 0 Å². The molecule has 0 saturated carbocycles. The first-order valence-electron chi connectivity index (χ1n) is 7.48. The molecule has 0 radical (unpaired) electrons. The van der Waals surface area contributed by atoms with Gasteiger partial charge in [-0.3, -0.25) is 0 Å². The van der Waals surface area contributed by atoms with Crippen molar-refractivity contribution >= 4 is 15.8 Å². The van der Waals surface area contributed by atoms with Gasteiger partial charge < -0.3 is 10.2 Å². The second-order valence-electron chi connectivity index (χ2n) is 6.01. The van der Waals surface area contributed by atoms with Crippen LogP contribution in [0.25, 0.3) is 0 Å². The molecule has 0 aliphatic carbocycles. The highest BCUT2D eigenvalue weighted by molar-refractivity contribution is 7.88. The quantitative estimate of drug-likeness (QED) is 0.835. The van der Waals surface area contributed by atoms with Gasteiger partial charge in [-0.25, -0.2) is 18.4 Å². The molecule has 7 nitrogen and oxygen atoms in total. The number of nitrogens with zero attached hydrogens (tertiary/aromatic N) is 4. The van der Waals surface area contributed by atoms with Crippen LogP contribution in [0, 0.1) is 6.92 Å². The highest BCUT2D eigenvalue weighted by Gasteiger charge is 2.34. The van der Waals surface area contributed by atoms with Crippen molar-refractivity contribution < 1.29 is 8.42 Å². The van der Waals surface area contributed by atoms with E-state index in [0.29, 0.717) is 12.4 Å². The Morgan fingerprint density at radius 2 is 2.14 bits per heavy atom. The zero-order valence-corrected chi connectivity index (χ0v) is 14.5. The molecule has 2 heterocycles. The summed E-state index contributed by atoms with van der Waals surface area (Å²) >= 11 is 0. The van der Waals surface area contributed by atoms with Gasteiger partial charge in [-0.1, -0.05) is 0 Å². The highest BCUT2D eigenvalue weighted by Crippen LogP contribution is 2.32. The summed E-state index contributed by atoms with van der Waals surface area (Å²) in [5.74, 6) is 1.35. The Kier molecular flexibility index (Phi) is 5.36. The molecule has 1 fully saturated rings. The Morgan fingerprint density at radius 1 is 1.41 bits per heavy atom. The van der Waals surface area contributed by atoms with Gasteiger partial charge >= 0.3 is 0 Å². The molecule has 2 rings (SSSR count). The lowest BCUT2D eigenvalue weighted by atomic mass is 10.2. The van der Waals surface area contributed by atoms with E-state index in [1.807, 2.05) is 27.1 Å². The summed E-state index contributed by atoms with van der Waals surface area (Å²) in [7, 11) is 0.802. The lowest BCUT2D eigenvalue weighted by Gasteiger charge is -2.21. The minimum absolute atomic E-state index is 0.246. The molecule has 8 heteroatoms. The number of aryl methyl sites for hydroxylation is 1. The second kappa shape index (κ2) is 6.89. The predicted molar refractivity (Wildman–Crippen MR) is 87.3 cm³/mol. The van der Waals surface area contributed by atoms with Crippen LogP contribution in [-0.2, 0) is 10.0 Å². The number of nitrogens with one attached hydrogen (secondary N) is 1. The summed E-state index contributed by atoms with van der Waals surface area (Å²) < 4.78 is 25.3. The van der Waals surface area contributed by atoms with Crippen LogP contribution >= 0.6 is 0 Å². The van der Waals surface area contributed by atoms with E-state index in [0.717, 1.165) is 37.4 Å². The first-order valence-corrected chi connectivity index (χ1v) is 9.33. The number of hydrogen-bond acceptors (Lipinski definition) is 6. The van der Waals surface area contributed by atoms with Crippen LogP contribution in [0.5, 0.6) is 0 Å². The molecule has 0 amide bonds. The van der Waals surface area contributed by atoms with Crippen LogP contribution in [-0.4, -0.2) is 67.6 Å². The first-order chi connectivity index (χ1) is 10.3. The van der Waals surface area contributed by atoms with Crippen molar-refractivity contribution in [2.24, 2.45) is 0 Å². The van der Waals surface area contributed by atoms with Crippen molar-refractivity contribution in [1.82, 2.24) is 19.2 Å². The first kappa shape index (κ1) is 17.1. The van der Waals surface area contributed by atoms with Crippen LogP contribution in [0.1, 0.15) is 30.4 Å². The third kappa shape index (κ3) is 4.37. The zero-order valence-electron chi connectivity index (χ0n) is 13.7. The fourth-order valence-corrected chi connectivity index (χ4v) is 3.76. The SMILES string of the molecule is Cc1cc(NCCN(C)C)nc([C@@H]2CCCN2S(C)(=O)=O)n1. The van der Waals surface area contributed by atoms with Crippen molar-refractivity contribution in [1.29, 1.82) is 0 Å². The monoisotopic (exact) mass is 327 g/mol. The summed E-state index contributed by atoms with van der Waals surface area (Å²) in [6.45, 7) is 4.13. The molecule has 1 saturated heterocycles. The largest absolute Gasteiger partial charge is 0.369 e. The van der Waals surface area contributed by atoms with Gasteiger partial charge in [0.1, 0.15) is 11.6 Å². The molecular formula is C14H25N5O2S. The number of sulfonamides is 1. The van der Waals surface area contributed by atoms with E-state index in [1.54, 1.807) is 0 Å². The predicted octanol–water partition coefficient (Wildman–Crippen LogP) is 0.855. The molecule has 0 unspecified atom stereocenters. The van der Waals surface area contributed by atoms with E-state index in [1.165, 1.54) is 10.6 Å². The van der Waals surface area contributed by atoms with Crippen molar-refractivity contribution in [3.8, 4) is 0 Å². The van der Waals surface area contributed by atoms with Crippen molar-refractivity contribution in [2.75, 3.05) is 45.3 Å². The summed E-state index contributed by atoms with van der Waals surface area (Å²) in [5.41, 5.74) is 0.845. The fraction of sp³-hybridized carbons (Fsp3) is 0.714. The normalized spacial score (nSPS) is 19.8. The number of likely N-dealkylation sites (N-methyl/N-ethyl adjacent to an activating group) is 1. The van der Waals surface area contributed by atoms with E-state index in [2.05, 4.69) is 20.2 Å². The molecule has 0 spiro atoms. The number of anilines is 1. The molecular weight excluding hydrogens is 302 g/mol. The van der Waals surface area contributed by atoms with Crippen LogP contribution in [0.3, 0.4) is 0 Å². The van der Waals surface area contributed by atoms with E-state index in [9.17, 15) is 8.42 Å². The smallest absolute Gasteiger partial charge is 0.211 e. The van der Waals surface area contributed by atoms with Crippen LogP contribution in [0.2, 0.25) is 0 Å². The number of hydrogen-bond donors (Lipinski definition) is 1. The molecule has 1 N–H and O–H groups in total. The lowest BCUT2D eigenvalue weighted by Crippen LogP contribution is -2.30. The Morgan fingerprint density at radius 3 is 2.77 bits per heavy atom. The fourth-order valence-electron chi connectivity index (χ4n) is 2.63. The van der Waals surface area contributed by atoms with Gasteiger partial charge in [-0.2, -0.15) is 4.31 Å². The topological polar surface area (TPSA) is 78.4 Å². The maximum absolute atomic E-state index is 11.9. The van der Waals surface area contributed by atoms with Gasteiger partial charge in [0, 0.05) is 31.4 Å².